The number of hydrogen-bond donors (Lipinski definition) is 0. The van der Waals surface area contributed by atoms with E-state index in [-0.39, 0.29) is 11.1 Å². The molecule has 0 aliphatic rings. The van der Waals surface area contributed by atoms with Crippen LogP contribution in [-0.4, -0.2) is 31.8 Å². The maximum absolute atomic E-state index is 2.54. The van der Waals surface area contributed by atoms with Gasteiger partial charge >= 0.3 is 0 Å². The van der Waals surface area contributed by atoms with Gasteiger partial charge in [0.15, 0.2) is 0 Å². The lowest BCUT2D eigenvalue weighted by Gasteiger charge is -2.43. The van der Waals surface area contributed by atoms with E-state index in [9.17, 15) is 0 Å². The van der Waals surface area contributed by atoms with Gasteiger partial charge in [-0.1, -0.05) is 13.8 Å². The molecule has 0 bridgehead atoms. The van der Waals surface area contributed by atoms with Crippen LogP contribution in [0.15, 0.2) is 0 Å². The van der Waals surface area contributed by atoms with E-state index in [4.69, 9.17) is 0 Å². The van der Waals surface area contributed by atoms with Crippen LogP contribution in [0.1, 0.15) is 82.1 Å². The highest BCUT2D eigenvalue weighted by molar-refractivity contribution is 8.74. The minimum atomic E-state index is 0.187. The molecule has 0 aliphatic heterocycles. The summed E-state index contributed by atoms with van der Waals surface area (Å²) in [5, 5.41) is 0. The van der Waals surface area contributed by atoms with E-state index < -0.39 is 0 Å². The van der Waals surface area contributed by atoms with E-state index in [1.807, 2.05) is 22.0 Å². The average molecular weight is 321 g/mol. The highest BCUT2D eigenvalue weighted by Gasteiger charge is 2.31. The second-order valence-electron chi connectivity index (χ2n) is 7.66. The SMILES string of the molecule is CCC(C)N(SSN(C(C)CC)C(C)(C)C)C(C)(C)C. The normalized spacial score (nSPS) is 16.8. The topological polar surface area (TPSA) is 6.48 Å². The van der Waals surface area contributed by atoms with Gasteiger partial charge in [-0.15, -0.1) is 0 Å². The quantitative estimate of drug-likeness (QED) is 0.419. The van der Waals surface area contributed by atoms with Crippen molar-refractivity contribution in [1.29, 1.82) is 0 Å². The maximum Gasteiger partial charge on any atom is 0.0240 e. The van der Waals surface area contributed by atoms with Crippen LogP contribution in [0.3, 0.4) is 0 Å². The van der Waals surface area contributed by atoms with E-state index >= 15 is 0 Å². The summed E-state index contributed by atoms with van der Waals surface area (Å²) in [7, 11) is 3.83. The van der Waals surface area contributed by atoms with Crippen LogP contribution in [0.25, 0.3) is 0 Å². The Kier molecular flexibility index (Phi) is 8.56. The molecule has 0 aromatic rings. The number of hydrogen-bond acceptors (Lipinski definition) is 4. The maximum atomic E-state index is 2.54. The summed E-state index contributed by atoms with van der Waals surface area (Å²) in [5.74, 6) is 0. The average Bonchev–Trinajstić information content (AvgIpc) is 2.29. The van der Waals surface area contributed by atoms with Crippen molar-refractivity contribution in [2.75, 3.05) is 0 Å². The van der Waals surface area contributed by atoms with E-state index in [0.29, 0.717) is 12.1 Å². The van der Waals surface area contributed by atoms with Crippen molar-refractivity contribution in [2.24, 2.45) is 0 Å². The first kappa shape index (κ1) is 20.6. The molecule has 0 aromatic carbocycles. The van der Waals surface area contributed by atoms with Crippen molar-refractivity contribution in [1.82, 2.24) is 8.61 Å². The molecule has 122 valence electrons. The smallest absolute Gasteiger partial charge is 0.0240 e. The monoisotopic (exact) mass is 320 g/mol. The summed E-state index contributed by atoms with van der Waals surface area (Å²) in [6.45, 7) is 23.0. The van der Waals surface area contributed by atoms with Gasteiger partial charge in [0.05, 0.1) is 0 Å². The fraction of sp³-hybridized carbons (Fsp3) is 1.00. The van der Waals surface area contributed by atoms with Gasteiger partial charge in [-0.05, 0) is 68.2 Å². The zero-order valence-corrected chi connectivity index (χ0v) is 16.9. The molecule has 0 fully saturated rings. The number of rotatable bonds is 7. The molecule has 0 aliphatic carbocycles. The lowest BCUT2D eigenvalue weighted by Crippen LogP contribution is -2.44. The molecule has 0 spiro atoms. The summed E-state index contributed by atoms with van der Waals surface area (Å²) in [6.07, 6.45) is 2.37. The Balaban J connectivity index is 4.89. The van der Waals surface area contributed by atoms with Gasteiger partial charge in [0.25, 0.3) is 0 Å². The van der Waals surface area contributed by atoms with Crippen molar-refractivity contribution >= 4 is 22.0 Å². The third kappa shape index (κ3) is 6.59. The second-order valence-corrected chi connectivity index (χ2v) is 9.64. The van der Waals surface area contributed by atoms with Gasteiger partial charge < -0.3 is 0 Å². The van der Waals surface area contributed by atoms with Crippen LogP contribution < -0.4 is 0 Å². The van der Waals surface area contributed by atoms with Crippen LogP contribution >= 0.6 is 22.0 Å². The minimum absolute atomic E-state index is 0.187. The molecule has 2 unspecified atom stereocenters. The first-order chi connectivity index (χ1) is 8.95. The Bertz CT molecular complexity index is 241. The zero-order valence-electron chi connectivity index (χ0n) is 15.3. The van der Waals surface area contributed by atoms with E-state index in [1.165, 1.54) is 12.8 Å². The lowest BCUT2D eigenvalue weighted by molar-refractivity contribution is 0.212. The largest absolute Gasteiger partial charge is 0.232 e. The second kappa shape index (κ2) is 8.30. The first-order valence-electron chi connectivity index (χ1n) is 7.88. The minimum Gasteiger partial charge on any atom is -0.232 e. The van der Waals surface area contributed by atoms with Crippen molar-refractivity contribution in [3.8, 4) is 0 Å². The molecule has 0 saturated carbocycles. The lowest BCUT2D eigenvalue weighted by atomic mass is 10.1. The Morgan fingerprint density at radius 1 is 0.700 bits per heavy atom. The van der Waals surface area contributed by atoms with Crippen LogP contribution in [-0.2, 0) is 0 Å². The third-order valence-corrected chi connectivity index (χ3v) is 6.87. The Hall–Kier alpha value is 0.620. The van der Waals surface area contributed by atoms with Crippen molar-refractivity contribution in [3.63, 3.8) is 0 Å². The summed E-state index contributed by atoms with van der Waals surface area (Å²) >= 11 is 0. The van der Waals surface area contributed by atoms with Gasteiger partial charge in [0.1, 0.15) is 0 Å². The third-order valence-electron chi connectivity index (χ3n) is 3.50. The van der Waals surface area contributed by atoms with Gasteiger partial charge in [0, 0.05) is 45.1 Å². The molecule has 0 saturated heterocycles. The van der Waals surface area contributed by atoms with Gasteiger partial charge in [-0.2, -0.15) is 0 Å². The molecule has 0 N–H and O–H groups in total. The molecule has 0 heterocycles. The van der Waals surface area contributed by atoms with Gasteiger partial charge in [-0.3, -0.25) is 0 Å². The molecule has 4 heteroatoms. The summed E-state index contributed by atoms with van der Waals surface area (Å²) < 4.78 is 5.08. The molecule has 0 rings (SSSR count). The van der Waals surface area contributed by atoms with Gasteiger partial charge in [-0.25, -0.2) is 8.61 Å². The van der Waals surface area contributed by atoms with E-state index in [0.717, 1.165) is 0 Å². The molecular formula is C16H36N2S2. The van der Waals surface area contributed by atoms with Crippen molar-refractivity contribution in [2.45, 2.75) is 105 Å². The van der Waals surface area contributed by atoms with Crippen LogP contribution in [0.2, 0.25) is 0 Å². The Morgan fingerprint density at radius 2 is 0.950 bits per heavy atom. The molecule has 20 heavy (non-hydrogen) atoms. The summed E-state index contributed by atoms with van der Waals surface area (Å²) in [4.78, 5) is 0. The summed E-state index contributed by atoms with van der Waals surface area (Å²) in [6, 6.07) is 1.18. The highest BCUT2D eigenvalue weighted by Crippen LogP contribution is 2.41. The highest BCUT2D eigenvalue weighted by atomic mass is 33.1. The zero-order chi connectivity index (χ0) is 16.1. The van der Waals surface area contributed by atoms with Crippen LogP contribution in [0.4, 0.5) is 0 Å². The van der Waals surface area contributed by atoms with E-state index in [2.05, 4.69) is 77.8 Å². The Labute approximate surface area is 136 Å². The molecule has 0 aromatic heterocycles. The van der Waals surface area contributed by atoms with Crippen LogP contribution in [0, 0.1) is 0 Å². The fourth-order valence-electron chi connectivity index (χ4n) is 2.10. The predicted molar refractivity (Wildman–Crippen MR) is 97.9 cm³/mol. The van der Waals surface area contributed by atoms with E-state index in [1.54, 1.807) is 0 Å². The molecular weight excluding hydrogens is 284 g/mol. The Morgan fingerprint density at radius 3 is 1.10 bits per heavy atom. The molecule has 2 atom stereocenters. The van der Waals surface area contributed by atoms with Gasteiger partial charge in [0.2, 0.25) is 0 Å². The molecule has 0 radical (unpaired) electrons. The number of nitrogens with zero attached hydrogens (tertiary/aromatic N) is 2. The molecule has 0 amide bonds. The van der Waals surface area contributed by atoms with Crippen molar-refractivity contribution in [3.05, 3.63) is 0 Å². The first-order valence-corrected chi connectivity index (χ1v) is 9.94. The fourth-order valence-corrected chi connectivity index (χ4v) is 5.93. The summed E-state index contributed by atoms with van der Waals surface area (Å²) in [5.41, 5.74) is 0.373. The van der Waals surface area contributed by atoms with Crippen LogP contribution in [0.5, 0.6) is 0 Å². The standard InChI is InChI=1S/C16H36N2S2/c1-11-13(3)17(15(5,6)7)19-20-18(14(4)12-2)16(8,9)10/h13-14H,11-12H2,1-10H3. The molecule has 2 nitrogen and oxygen atoms in total. The predicted octanol–water partition coefficient (Wildman–Crippen LogP) is 6.00. The van der Waals surface area contributed by atoms with Crippen molar-refractivity contribution < 1.29 is 0 Å².